The zero-order valence-corrected chi connectivity index (χ0v) is 15.9. The van der Waals surface area contributed by atoms with Crippen LogP contribution in [0.5, 0.6) is 0 Å². The Morgan fingerprint density at radius 2 is 1.82 bits per heavy atom. The van der Waals surface area contributed by atoms with Gasteiger partial charge in [-0.25, -0.2) is 0 Å². The Morgan fingerprint density at radius 3 is 2.61 bits per heavy atom. The van der Waals surface area contributed by atoms with Gasteiger partial charge in [0.05, 0.1) is 19.4 Å². The van der Waals surface area contributed by atoms with Crippen LogP contribution in [-0.4, -0.2) is 18.4 Å². The van der Waals surface area contributed by atoms with Crippen LogP contribution < -0.4 is 16.0 Å². The number of nitrogens with one attached hydrogen (secondary N) is 3. The predicted octanol–water partition coefficient (Wildman–Crippen LogP) is 3.88. The number of benzene rings is 2. The van der Waals surface area contributed by atoms with E-state index in [4.69, 9.17) is 4.42 Å². The van der Waals surface area contributed by atoms with Gasteiger partial charge in [0.25, 0.3) is 5.91 Å². The maximum absolute atomic E-state index is 12.3. The standard InChI is InChI=1S/C22H23N3O3/c1-15-6-3-10-20(16(15)2)25-21(26)14-23-18-8-4-7-17(12-18)22(27)24-13-19-9-5-11-28-19/h3-12,23H,13-14H2,1-2H3,(H,24,27)(H,25,26). The van der Waals surface area contributed by atoms with Gasteiger partial charge in [0, 0.05) is 16.9 Å². The largest absolute Gasteiger partial charge is 0.467 e. The molecule has 2 amide bonds. The number of carbonyl (C=O) groups excluding carboxylic acids is 2. The fourth-order valence-electron chi connectivity index (χ4n) is 2.72. The molecule has 6 nitrogen and oxygen atoms in total. The Hall–Kier alpha value is -3.54. The van der Waals surface area contributed by atoms with Gasteiger partial charge in [-0.05, 0) is 61.4 Å². The molecule has 144 valence electrons. The topological polar surface area (TPSA) is 83.4 Å². The number of furan rings is 1. The number of hydrogen-bond donors (Lipinski definition) is 3. The summed E-state index contributed by atoms with van der Waals surface area (Å²) >= 11 is 0. The van der Waals surface area contributed by atoms with Crippen molar-refractivity contribution in [3.8, 4) is 0 Å². The van der Waals surface area contributed by atoms with Crippen LogP contribution in [0.2, 0.25) is 0 Å². The van der Waals surface area contributed by atoms with Crippen LogP contribution in [0.25, 0.3) is 0 Å². The first-order chi connectivity index (χ1) is 13.5. The Bertz CT molecular complexity index is 965. The molecule has 0 atom stereocenters. The zero-order chi connectivity index (χ0) is 19.9. The Kier molecular flexibility index (Phi) is 6.11. The summed E-state index contributed by atoms with van der Waals surface area (Å²) in [6.07, 6.45) is 1.56. The molecule has 0 bridgehead atoms. The summed E-state index contributed by atoms with van der Waals surface area (Å²) in [6.45, 7) is 4.40. The van der Waals surface area contributed by atoms with E-state index in [1.807, 2.05) is 38.1 Å². The molecule has 0 fully saturated rings. The van der Waals surface area contributed by atoms with Gasteiger partial charge in [-0.1, -0.05) is 18.2 Å². The van der Waals surface area contributed by atoms with Crippen LogP contribution in [0.15, 0.2) is 65.3 Å². The smallest absolute Gasteiger partial charge is 0.251 e. The number of aryl methyl sites for hydroxylation is 1. The van der Waals surface area contributed by atoms with Crippen molar-refractivity contribution in [1.82, 2.24) is 5.32 Å². The Morgan fingerprint density at radius 1 is 1.00 bits per heavy atom. The van der Waals surface area contributed by atoms with E-state index in [9.17, 15) is 9.59 Å². The zero-order valence-electron chi connectivity index (χ0n) is 15.9. The van der Waals surface area contributed by atoms with Crippen molar-refractivity contribution in [1.29, 1.82) is 0 Å². The number of amides is 2. The quantitative estimate of drug-likeness (QED) is 0.583. The first-order valence-corrected chi connectivity index (χ1v) is 9.03. The van der Waals surface area contributed by atoms with E-state index in [0.717, 1.165) is 16.8 Å². The summed E-state index contributed by atoms with van der Waals surface area (Å²) in [6, 6.07) is 16.4. The van der Waals surface area contributed by atoms with Crippen molar-refractivity contribution in [3.05, 3.63) is 83.3 Å². The molecule has 0 aliphatic heterocycles. The minimum absolute atomic E-state index is 0.102. The van der Waals surface area contributed by atoms with Crippen molar-refractivity contribution in [2.24, 2.45) is 0 Å². The third-order valence-electron chi connectivity index (χ3n) is 4.46. The predicted molar refractivity (Wildman–Crippen MR) is 109 cm³/mol. The maximum atomic E-state index is 12.3. The number of hydrogen-bond acceptors (Lipinski definition) is 4. The van der Waals surface area contributed by atoms with E-state index in [2.05, 4.69) is 16.0 Å². The molecule has 6 heteroatoms. The number of carbonyl (C=O) groups is 2. The highest BCUT2D eigenvalue weighted by atomic mass is 16.3. The molecule has 3 N–H and O–H groups in total. The van der Waals surface area contributed by atoms with E-state index < -0.39 is 0 Å². The summed E-state index contributed by atoms with van der Waals surface area (Å²) < 4.78 is 5.20. The molecule has 0 saturated carbocycles. The first kappa shape index (κ1) is 19.2. The van der Waals surface area contributed by atoms with Crippen LogP contribution >= 0.6 is 0 Å². The SMILES string of the molecule is Cc1cccc(NC(=O)CNc2cccc(C(=O)NCc3ccco3)c2)c1C. The normalized spacial score (nSPS) is 10.4. The molecule has 3 aromatic rings. The molecule has 0 aliphatic rings. The minimum Gasteiger partial charge on any atom is -0.467 e. The molecule has 0 radical (unpaired) electrons. The van der Waals surface area contributed by atoms with E-state index in [1.54, 1.807) is 36.6 Å². The van der Waals surface area contributed by atoms with Crippen molar-refractivity contribution in [2.45, 2.75) is 20.4 Å². The average Bonchev–Trinajstić information content (AvgIpc) is 3.22. The van der Waals surface area contributed by atoms with Crippen LogP contribution in [-0.2, 0) is 11.3 Å². The van der Waals surface area contributed by atoms with Gasteiger partial charge >= 0.3 is 0 Å². The molecule has 1 aromatic heterocycles. The molecular weight excluding hydrogens is 354 g/mol. The molecule has 2 aromatic carbocycles. The van der Waals surface area contributed by atoms with E-state index in [1.165, 1.54) is 0 Å². The second-order valence-corrected chi connectivity index (χ2v) is 6.49. The van der Waals surface area contributed by atoms with Crippen LogP contribution in [0.4, 0.5) is 11.4 Å². The van der Waals surface area contributed by atoms with E-state index in [-0.39, 0.29) is 18.4 Å². The van der Waals surface area contributed by atoms with E-state index in [0.29, 0.717) is 23.6 Å². The van der Waals surface area contributed by atoms with Gasteiger partial charge in [-0.3, -0.25) is 9.59 Å². The number of rotatable bonds is 7. The first-order valence-electron chi connectivity index (χ1n) is 9.03. The van der Waals surface area contributed by atoms with Crippen molar-refractivity contribution in [2.75, 3.05) is 17.2 Å². The Balaban J connectivity index is 1.54. The fraction of sp³-hybridized carbons (Fsp3) is 0.182. The summed E-state index contributed by atoms with van der Waals surface area (Å²) in [7, 11) is 0. The van der Waals surface area contributed by atoms with Gasteiger partial charge in [0.15, 0.2) is 0 Å². The lowest BCUT2D eigenvalue weighted by Crippen LogP contribution is -2.24. The van der Waals surface area contributed by atoms with Gasteiger partial charge in [-0.15, -0.1) is 0 Å². The highest BCUT2D eigenvalue weighted by molar-refractivity contribution is 5.96. The molecule has 3 rings (SSSR count). The lowest BCUT2D eigenvalue weighted by Gasteiger charge is -2.12. The lowest BCUT2D eigenvalue weighted by atomic mass is 10.1. The Labute approximate surface area is 164 Å². The summed E-state index contributed by atoms with van der Waals surface area (Å²) in [5.74, 6) is 0.326. The highest BCUT2D eigenvalue weighted by Gasteiger charge is 2.09. The monoisotopic (exact) mass is 377 g/mol. The summed E-state index contributed by atoms with van der Waals surface area (Å²) in [4.78, 5) is 24.5. The van der Waals surface area contributed by atoms with Gasteiger partial charge in [0.2, 0.25) is 5.91 Å². The molecule has 0 aliphatic carbocycles. The molecule has 0 unspecified atom stereocenters. The molecule has 28 heavy (non-hydrogen) atoms. The lowest BCUT2D eigenvalue weighted by molar-refractivity contribution is -0.114. The average molecular weight is 377 g/mol. The fourth-order valence-corrected chi connectivity index (χ4v) is 2.72. The maximum Gasteiger partial charge on any atom is 0.251 e. The van der Waals surface area contributed by atoms with Gasteiger partial charge in [-0.2, -0.15) is 0 Å². The third-order valence-corrected chi connectivity index (χ3v) is 4.46. The van der Waals surface area contributed by atoms with Crippen molar-refractivity contribution >= 4 is 23.2 Å². The van der Waals surface area contributed by atoms with Crippen LogP contribution in [0.1, 0.15) is 27.2 Å². The van der Waals surface area contributed by atoms with Crippen molar-refractivity contribution < 1.29 is 14.0 Å². The summed E-state index contributed by atoms with van der Waals surface area (Å²) in [5.41, 5.74) is 4.18. The number of anilines is 2. The third kappa shape index (κ3) is 5.01. The second kappa shape index (κ2) is 8.90. The van der Waals surface area contributed by atoms with Gasteiger partial charge in [0.1, 0.15) is 5.76 Å². The van der Waals surface area contributed by atoms with Crippen LogP contribution in [0, 0.1) is 13.8 Å². The molecule has 0 saturated heterocycles. The molecular formula is C22H23N3O3. The summed E-state index contributed by atoms with van der Waals surface area (Å²) in [5, 5.41) is 8.75. The highest BCUT2D eigenvalue weighted by Crippen LogP contribution is 2.18. The van der Waals surface area contributed by atoms with Crippen molar-refractivity contribution in [3.63, 3.8) is 0 Å². The van der Waals surface area contributed by atoms with Crippen LogP contribution in [0.3, 0.4) is 0 Å². The molecule has 0 spiro atoms. The molecule has 1 heterocycles. The van der Waals surface area contributed by atoms with Gasteiger partial charge < -0.3 is 20.4 Å². The minimum atomic E-state index is -0.208. The second-order valence-electron chi connectivity index (χ2n) is 6.49. The van der Waals surface area contributed by atoms with E-state index >= 15 is 0 Å².